The summed E-state index contributed by atoms with van der Waals surface area (Å²) in [6.07, 6.45) is 5.19. The largest absolute Gasteiger partial charge is 0.497 e. The standard InChI is InChI=1S/C15H23NOS/c1-3-10-16-12-4-7-15(11-12)18-14-8-5-13(17-2)6-9-14/h5-6,8-9,12,15-16H,3-4,7,10-11H2,1-2H3. The van der Waals surface area contributed by atoms with Crippen molar-refractivity contribution in [2.24, 2.45) is 0 Å². The van der Waals surface area contributed by atoms with Crippen LogP contribution in [-0.4, -0.2) is 24.9 Å². The third kappa shape index (κ3) is 3.92. The van der Waals surface area contributed by atoms with Gasteiger partial charge in [0.05, 0.1) is 7.11 Å². The molecule has 0 spiro atoms. The summed E-state index contributed by atoms with van der Waals surface area (Å²) >= 11 is 2.01. The van der Waals surface area contributed by atoms with Gasteiger partial charge in [-0.25, -0.2) is 0 Å². The summed E-state index contributed by atoms with van der Waals surface area (Å²) in [6, 6.07) is 9.15. The molecular formula is C15H23NOS. The lowest BCUT2D eigenvalue weighted by atomic mass is 10.2. The predicted molar refractivity (Wildman–Crippen MR) is 78.6 cm³/mol. The summed E-state index contributed by atoms with van der Waals surface area (Å²) in [5.74, 6) is 0.938. The van der Waals surface area contributed by atoms with E-state index in [0.29, 0.717) is 0 Å². The van der Waals surface area contributed by atoms with Gasteiger partial charge in [0.1, 0.15) is 5.75 Å². The zero-order valence-electron chi connectivity index (χ0n) is 11.3. The van der Waals surface area contributed by atoms with E-state index in [-0.39, 0.29) is 0 Å². The molecule has 1 aromatic rings. The minimum Gasteiger partial charge on any atom is -0.497 e. The topological polar surface area (TPSA) is 21.3 Å². The van der Waals surface area contributed by atoms with E-state index < -0.39 is 0 Å². The third-order valence-electron chi connectivity index (χ3n) is 3.43. The first-order valence-electron chi connectivity index (χ1n) is 6.86. The Morgan fingerprint density at radius 1 is 1.28 bits per heavy atom. The van der Waals surface area contributed by atoms with Gasteiger partial charge in [0.25, 0.3) is 0 Å². The van der Waals surface area contributed by atoms with Crippen molar-refractivity contribution in [2.75, 3.05) is 13.7 Å². The Hall–Kier alpha value is -0.670. The highest BCUT2D eigenvalue weighted by atomic mass is 32.2. The molecule has 2 rings (SSSR count). The fraction of sp³-hybridized carbons (Fsp3) is 0.600. The van der Waals surface area contributed by atoms with Crippen molar-refractivity contribution in [3.8, 4) is 5.75 Å². The Bertz CT molecular complexity index is 352. The van der Waals surface area contributed by atoms with E-state index in [1.807, 2.05) is 23.9 Å². The average Bonchev–Trinajstić information content (AvgIpc) is 2.85. The molecule has 0 aromatic heterocycles. The number of hydrogen-bond donors (Lipinski definition) is 1. The van der Waals surface area contributed by atoms with Crippen LogP contribution in [0.3, 0.4) is 0 Å². The molecule has 100 valence electrons. The third-order valence-corrected chi connectivity index (χ3v) is 4.74. The van der Waals surface area contributed by atoms with Crippen molar-refractivity contribution >= 4 is 11.8 Å². The van der Waals surface area contributed by atoms with Crippen molar-refractivity contribution in [3.05, 3.63) is 24.3 Å². The first-order valence-corrected chi connectivity index (χ1v) is 7.74. The maximum Gasteiger partial charge on any atom is 0.118 e. The Labute approximate surface area is 114 Å². The molecule has 1 fully saturated rings. The van der Waals surface area contributed by atoms with Gasteiger partial charge in [-0.2, -0.15) is 0 Å². The molecule has 1 aliphatic rings. The molecule has 1 aromatic carbocycles. The van der Waals surface area contributed by atoms with E-state index in [1.54, 1.807) is 7.11 Å². The number of ether oxygens (including phenoxy) is 1. The zero-order valence-corrected chi connectivity index (χ0v) is 12.1. The van der Waals surface area contributed by atoms with Crippen LogP contribution in [0.5, 0.6) is 5.75 Å². The summed E-state index contributed by atoms with van der Waals surface area (Å²) in [7, 11) is 1.71. The molecule has 0 saturated heterocycles. The lowest BCUT2D eigenvalue weighted by Gasteiger charge is -2.12. The van der Waals surface area contributed by atoms with Crippen LogP contribution in [0.2, 0.25) is 0 Å². The van der Waals surface area contributed by atoms with Gasteiger partial charge in [-0.3, -0.25) is 0 Å². The van der Waals surface area contributed by atoms with Crippen LogP contribution in [0.4, 0.5) is 0 Å². The fourth-order valence-corrected chi connectivity index (χ4v) is 3.69. The number of benzene rings is 1. The molecule has 0 bridgehead atoms. The van der Waals surface area contributed by atoms with Gasteiger partial charge in [0, 0.05) is 16.2 Å². The molecule has 0 aliphatic heterocycles. The van der Waals surface area contributed by atoms with Crippen LogP contribution in [0.1, 0.15) is 32.6 Å². The van der Waals surface area contributed by atoms with Crippen LogP contribution in [0.25, 0.3) is 0 Å². The molecule has 1 N–H and O–H groups in total. The predicted octanol–water partition coefficient (Wildman–Crippen LogP) is 3.71. The van der Waals surface area contributed by atoms with Crippen molar-refractivity contribution in [1.82, 2.24) is 5.32 Å². The number of thioether (sulfide) groups is 1. The molecule has 0 heterocycles. The van der Waals surface area contributed by atoms with Crippen molar-refractivity contribution in [2.45, 2.75) is 48.8 Å². The van der Waals surface area contributed by atoms with Gasteiger partial charge in [0.2, 0.25) is 0 Å². The quantitative estimate of drug-likeness (QED) is 0.847. The summed E-state index contributed by atoms with van der Waals surface area (Å²) in [5, 5.41) is 4.40. The minimum atomic E-state index is 0.737. The van der Waals surface area contributed by atoms with Crippen LogP contribution in [0.15, 0.2) is 29.2 Å². The molecule has 2 atom stereocenters. The maximum absolute atomic E-state index is 5.18. The Morgan fingerprint density at radius 2 is 2.06 bits per heavy atom. The number of hydrogen-bond acceptors (Lipinski definition) is 3. The molecule has 3 heteroatoms. The summed E-state index contributed by atoms with van der Waals surface area (Å²) in [4.78, 5) is 1.36. The monoisotopic (exact) mass is 265 g/mol. The van der Waals surface area contributed by atoms with Gasteiger partial charge in [0.15, 0.2) is 0 Å². The highest BCUT2D eigenvalue weighted by Crippen LogP contribution is 2.35. The Morgan fingerprint density at radius 3 is 2.72 bits per heavy atom. The molecule has 1 saturated carbocycles. The van der Waals surface area contributed by atoms with E-state index in [9.17, 15) is 0 Å². The van der Waals surface area contributed by atoms with Crippen LogP contribution in [-0.2, 0) is 0 Å². The number of methoxy groups -OCH3 is 1. The SMILES string of the molecule is CCCNC1CCC(Sc2ccc(OC)cc2)C1. The first kappa shape index (κ1) is 13.8. The second-order valence-corrected chi connectivity index (χ2v) is 6.25. The molecule has 1 aliphatic carbocycles. The van der Waals surface area contributed by atoms with E-state index >= 15 is 0 Å². The van der Waals surface area contributed by atoms with E-state index in [1.165, 1.54) is 30.6 Å². The van der Waals surface area contributed by atoms with Crippen molar-refractivity contribution in [1.29, 1.82) is 0 Å². The summed E-state index contributed by atoms with van der Waals surface area (Å²) < 4.78 is 5.18. The molecule has 2 unspecified atom stereocenters. The van der Waals surface area contributed by atoms with Gasteiger partial charge in [-0.15, -0.1) is 11.8 Å². The maximum atomic E-state index is 5.18. The van der Waals surface area contributed by atoms with E-state index in [2.05, 4.69) is 24.4 Å². The highest BCUT2D eigenvalue weighted by molar-refractivity contribution is 8.00. The molecule has 2 nitrogen and oxygen atoms in total. The second kappa shape index (κ2) is 7.05. The molecule has 0 amide bonds. The van der Waals surface area contributed by atoms with Gasteiger partial charge in [-0.05, 0) is 56.5 Å². The van der Waals surface area contributed by atoms with Crippen LogP contribution < -0.4 is 10.1 Å². The number of nitrogens with one attached hydrogen (secondary N) is 1. The van der Waals surface area contributed by atoms with Gasteiger partial charge in [-0.1, -0.05) is 6.92 Å². The van der Waals surface area contributed by atoms with E-state index in [0.717, 1.165) is 23.6 Å². The number of rotatable bonds is 6. The zero-order chi connectivity index (χ0) is 12.8. The second-order valence-electron chi connectivity index (χ2n) is 4.88. The van der Waals surface area contributed by atoms with Crippen molar-refractivity contribution < 1.29 is 4.74 Å². The summed E-state index contributed by atoms with van der Waals surface area (Å²) in [5.41, 5.74) is 0. The van der Waals surface area contributed by atoms with E-state index in [4.69, 9.17) is 4.74 Å². The Kier molecular flexibility index (Phi) is 5.39. The van der Waals surface area contributed by atoms with Crippen LogP contribution >= 0.6 is 11.8 Å². The first-order chi connectivity index (χ1) is 8.81. The normalized spacial score (nSPS) is 23.2. The lowest BCUT2D eigenvalue weighted by Crippen LogP contribution is -2.27. The molecular weight excluding hydrogens is 242 g/mol. The average molecular weight is 265 g/mol. The van der Waals surface area contributed by atoms with Crippen LogP contribution in [0, 0.1) is 0 Å². The minimum absolute atomic E-state index is 0.737. The highest BCUT2D eigenvalue weighted by Gasteiger charge is 2.24. The fourth-order valence-electron chi connectivity index (χ4n) is 2.43. The summed E-state index contributed by atoms with van der Waals surface area (Å²) in [6.45, 7) is 3.39. The van der Waals surface area contributed by atoms with Gasteiger partial charge >= 0.3 is 0 Å². The van der Waals surface area contributed by atoms with Gasteiger partial charge < -0.3 is 10.1 Å². The van der Waals surface area contributed by atoms with Crippen molar-refractivity contribution in [3.63, 3.8) is 0 Å². The smallest absolute Gasteiger partial charge is 0.118 e. The molecule has 0 radical (unpaired) electrons. The molecule has 18 heavy (non-hydrogen) atoms. The lowest BCUT2D eigenvalue weighted by molar-refractivity contribution is 0.414. The Balaban J connectivity index is 1.79.